The van der Waals surface area contributed by atoms with Crippen LogP contribution < -0.4 is 10.1 Å². The number of carbonyl (C=O) groups excluding carboxylic acids is 2. The average molecular weight is 465 g/mol. The lowest BCUT2D eigenvalue weighted by atomic mass is 10.0. The molecule has 2 aromatic rings. The molecule has 0 aromatic heterocycles. The summed E-state index contributed by atoms with van der Waals surface area (Å²) in [4.78, 5) is 37.4. The Bertz CT molecular complexity index is 960. The number of amides is 2. The number of halogens is 2. The summed E-state index contributed by atoms with van der Waals surface area (Å²) in [6.07, 6.45) is 0.769. The number of hydrogen-bond donors (Lipinski definition) is 2. The van der Waals surface area contributed by atoms with E-state index in [-0.39, 0.29) is 34.0 Å². The summed E-state index contributed by atoms with van der Waals surface area (Å²) in [6, 6.07) is 10.5. The molecule has 2 atom stereocenters. The van der Waals surface area contributed by atoms with Crippen molar-refractivity contribution >= 4 is 41.0 Å². The molecule has 2 amide bonds. The fraction of sp³-hybridized carbons (Fsp3) is 0.318. The zero-order valence-corrected chi connectivity index (χ0v) is 18.3. The fourth-order valence-electron chi connectivity index (χ4n) is 3.39. The van der Waals surface area contributed by atoms with Crippen LogP contribution in [0.3, 0.4) is 0 Å². The minimum absolute atomic E-state index is 0.0290. The number of nitrogens with zero attached hydrogens (tertiary/aromatic N) is 1. The second-order valence-electron chi connectivity index (χ2n) is 7.30. The van der Waals surface area contributed by atoms with E-state index in [1.54, 1.807) is 35.2 Å². The quantitative estimate of drug-likeness (QED) is 0.654. The van der Waals surface area contributed by atoms with Crippen molar-refractivity contribution in [2.75, 3.05) is 13.1 Å². The smallest absolute Gasteiger partial charge is 0.326 e. The number of carboxylic acids is 1. The summed E-state index contributed by atoms with van der Waals surface area (Å²) in [5.74, 6) is -1.16. The molecule has 2 N–H and O–H groups in total. The van der Waals surface area contributed by atoms with Gasteiger partial charge in [-0.2, -0.15) is 0 Å². The van der Waals surface area contributed by atoms with Crippen molar-refractivity contribution < 1.29 is 24.2 Å². The second-order valence-corrected chi connectivity index (χ2v) is 8.12. The van der Waals surface area contributed by atoms with Crippen LogP contribution in [0, 0.1) is 0 Å². The molecule has 31 heavy (non-hydrogen) atoms. The number of carbonyl (C=O) groups is 3. The zero-order chi connectivity index (χ0) is 22.5. The Morgan fingerprint density at radius 2 is 1.81 bits per heavy atom. The summed E-state index contributed by atoms with van der Waals surface area (Å²) < 4.78 is 5.90. The van der Waals surface area contributed by atoms with E-state index in [1.807, 2.05) is 0 Å². The van der Waals surface area contributed by atoms with Crippen molar-refractivity contribution in [1.82, 2.24) is 10.2 Å². The molecular formula is C22H22Cl2N2O5. The highest BCUT2D eigenvalue weighted by atomic mass is 35.5. The third kappa shape index (κ3) is 5.89. The van der Waals surface area contributed by atoms with Crippen molar-refractivity contribution in [2.24, 2.45) is 0 Å². The van der Waals surface area contributed by atoms with E-state index < -0.39 is 17.9 Å². The molecule has 0 spiro atoms. The summed E-state index contributed by atoms with van der Waals surface area (Å²) >= 11 is 12.1. The number of rotatable bonds is 7. The van der Waals surface area contributed by atoms with Crippen molar-refractivity contribution in [2.45, 2.75) is 31.9 Å². The van der Waals surface area contributed by atoms with Gasteiger partial charge in [0.1, 0.15) is 17.9 Å². The molecular weight excluding hydrogens is 443 g/mol. The maximum atomic E-state index is 12.5. The van der Waals surface area contributed by atoms with Gasteiger partial charge in [-0.05, 0) is 29.8 Å². The molecule has 7 nitrogen and oxygen atoms in total. The van der Waals surface area contributed by atoms with Crippen molar-refractivity contribution in [3.8, 4) is 5.75 Å². The fourth-order valence-corrected chi connectivity index (χ4v) is 3.96. The first-order chi connectivity index (χ1) is 14.7. The van der Waals surface area contributed by atoms with Gasteiger partial charge in [0.2, 0.25) is 5.91 Å². The molecule has 1 fully saturated rings. The van der Waals surface area contributed by atoms with Crippen LogP contribution in [0.1, 0.15) is 29.3 Å². The van der Waals surface area contributed by atoms with E-state index in [0.29, 0.717) is 24.4 Å². The number of likely N-dealkylation sites (tertiary alicyclic amines) is 1. The Morgan fingerprint density at radius 3 is 2.35 bits per heavy atom. The minimum Gasteiger partial charge on any atom is -0.489 e. The Balaban J connectivity index is 1.62. The van der Waals surface area contributed by atoms with Gasteiger partial charge in [-0.3, -0.25) is 9.59 Å². The van der Waals surface area contributed by atoms with Gasteiger partial charge >= 0.3 is 5.97 Å². The first-order valence-corrected chi connectivity index (χ1v) is 10.5. The Labute approximate surface area is 189 Å². The van der Waals surface area contributed by atoms with E-state index >= 15 is 0 Å². The molecule has 9 heteroatoms. The Morgan fingerprint density at radius 1 is 1.16 bits per heavy atom. The van der Waals surface area contributed by atoms with Crippen LogP contribution in [0.5, 0.6) is 5.75 Å². The largest absolute Gasteiger partial charge is 0.489 e. The SMILES string of the molecule is CC(=O)N1CC[C@@H](Oc2ccc(C[C@H](NC(=O)c3c(Cl)cccc3Cl)C(=O)O)cc2)C1. The number of ether oxygens (including phenoxy) is 1. The van der Waals surface area contributed by atoms with Crippen LogP contribution in [-0.2, 0) is 16.0 Å². The van der Waals surface area contributed by atoms with Gasteiger partial charge in [0.25, 0.3) is 5.91 Å². The lowest BCUT2D eigenvalue weighted by molar-refractivity contribution is -0.139. The third-order valence-corrected chi connectivity index (χ3v) is 5.68. The lowest BCUT2D eigenvalue weighted by Crippen LogP contribution is -2.42. The first kappa shape index (κ1) is 22.9. The average Bonchev–Trinajstić information content (AvgIpc) is 3.17. The third-order valence-electron chi connectivity index (χ3n) is 5.05. The number of nitrogens with one attached hydrogen (secondary N) is 1. The normalized spacial score (nSPS) is 16.6. The molecule has 0 bridgehead atoms. The number of benzene rings is 2. The molecule has 1 saturated heterocycles. The summed E-state index contributed by atoms with van der Waals surface area (Å²) in [5, 5.41) is 12.3. The van der Waals surface area contributed by atoms with Crippen LogP contribution in [-0.4, -0.2) is 53.0 Å². The highest BCUT2D eigenvalue weighted by Crippen LogP contribution is 2.24. The number of aliphatic carboxylic acids is 1. The number of carboxylic acid groups (broad SMARTS) is 1. The van der Waals surface area contributed by atoms with Gasteiger partial charge in [-0.15, -0.1) is 0 Å². The van der Waals surface area contributed by atoms with Gasteiger partial charge < -0.3 is 20.1 Å². The van der Waals surface area contributed by atoms with Gasteiger partial charge in [-0.1, -0.05) is 41.4 Å². The molecule has 0 unspecified atom stereocenters. The van der Waals surface area contributed by atoms with Crippen molar-refractivity contribution in [3.05, 3.63) is 63.6 Å². The highest BCUT2D eigenvalue weighted by molar-refractivity contribution is 6.39. The van der Waals surface area contributed by atoms with Gasteiger partial charge in [0.15, 0.2) is 0 Å². The summed E-state index contributed by atoms with van der Waals surface area (Å²) in [6.45, 7) is 2.76. The topological polar surface area (TPSA) is 95.9 Å². The van der Waals surface area contributed by atoms with E-state index in [4.69, 9.17) is 27.9 Å². The predicted molar refractivity (Wildman–Crippen MR) is 117 cm³/mol. The van der Waals surface area contributed by atoms with Crippen LogP contribution >= 0.6 is 23.2 Å². The van der Waals surface area contributed by atoms with E-state index in [9.17, 15) is 19.5 Å². The molecule has 0 aliphatic carbocycles. The molecule has 1 aliphatic heterocycles. The Hall–Kier alpha value is -2.77. The van der Waals surface area contributed by atoms with Crippen molar-refractivity contribution in [1.29, 1.82) is 0 Å². The molecule has 1 aliphatic rings. The van der Waals surface area contributed by atoms with Crippen LogP contribution in [0.2, 0.25) is 10.0 Å². The van der Waals surface area contributed by atoms with Crippen LogP contribution in [0.25, 0.3) is 0 Å². The van der Waals surface area contributed by atoms with Gasteiger partial charge in [0, 0.05) is 26.3 Å². The standard InChI is InChI=1S/C22H22Cl2N2O5/c1-13(27)26-10-9-16(12-26)31-15-7-5-14(6-8-15)11-19(22(29)30)25-21(28)20-17(23)3-2-4-18(20)24/h2-8,16,19H,9-12H2,1H3,(H,25,28)(H,29,30)/t16-,19+/m1/s1. The van der Waals surface area contributed by atoms with E-state index in [0.717, 1.165) is 6.42 Å². The molecule has 164 valence electrons. The maximum absolute atomic E-state index is 12.5. The van der Waals surface area contributed by atoms with E-state index in [2.05, 4.69) is 5.32 Å². The number of hydrogen-bond acceptors (Lipinski definition) is 4. The van der Waals surface area contributed by atoms with Crippen LogP contribution in [0.4, 0.5) is 0 Å². The highest BCUT2D eigenvalue weighted by Gasteiger charge is 2.26. The maximum Gasteiger partial charge on any atom is 0.326 e. The molecule has 0 saturated carbocycles. The molecule has 1 heterocycles. The van der Waals surface area contributed by atoms with Crippen LogP contribution in [0.15, 0.2) is 42.5 Å². The molecule has 2 aromatic carbocycles. The molecule has 3 rings (SSSR count). The van der Waals surface area contributed by atoms with Gasteiger partial charge in [-0.25, -0.2) is 4.79 Å². The van der Waals surface area contributed by atoms with Gasteiger partial charge in [0.05, 0.1) is 22.2 Å². The summed E-state index contributed by atoms with van der Waals surface area (Å²) in [5.41, 5.74) is 0.749. The zero-order valence-electron chi connectivity index (χ0n) is 16.8. The monoisotopic (exact) mass is 464 g/mol. The lowest BCUT2D eigenvalue weighted by Gasteiger charge is -2.17. The minimum atomic E-state index is -1.17. The second kappa shape index (κ2) is 10.0. The van der Waals surface area contributed by atoms with E-state index in [1.165, 1.54) is 19.1 Å². The van der Waals surface area contributed by atoms with Crippen molar-refractivity contribution in [3.63, 3.8) is 0 Å². The summed E-state index contributed by atoms with van der Waals surface area (Å²) in [7, 11) is 0. The first-order valence-electron chi connectivity index (χ1n) is 9.73. The Kier molecular flexibility index (Phi) is 7.41. The predicted octanol–water partition coefficient (Wildman–Crippen LogP) is 3.42. The molecule has 0 radical (unpaired) electrons.